The maximum absolute atomic E-state index is 11.7. The summed E-state index contributed by atoms with van der Waals surface area (Å²) in [6, 6.07) is 12.1. The molecule has 1 amide bonds. The quantitative estimate of drug-likeness (QED) is 0.704. The van der Waals surface area contributed by atoms with Crippen molar-refractivity contribution in [3.8, 4) is 0 Å². The Kier molecular flexibility index (Phi) is 5.45. The highest BCUT2D eigenvalue weighted by Crippen LogP contribution is 2.38. The highest BCUT2D eigenvalue weighted by atomic mass is 16.6. The molecule has 2 saturated carbocycles. The van der Waals surface area contributed by atoms with E-state index in [9.17, 15) is 4.79 Å². The van der Waals surface area contributed by atoms with Gasteiger partial charge in [0.05, 0.1) is 0 Å². The Morgan fingerprint density at radius 3 is 2.12 bits per heavy atom. The molecule has 0 unspecified atom stereocenters. The molecule has 136 valence electrons. The zero-order chi connectivity index (χ0) is 17.9. The van der Waals surface area contributed by atoms with Gasteiger partial charge < -0.3 is 9.64 Å². The Balaban J connectivity index is 1.53. The number of rotatable bonds is 4. The molecule has 0 aliphatic heterocycles. The first-order valence-electron chi connectivity index (χ1n) is 9.53. The fourth-order valence-corrected chi connectivity index (χ4v) is 3.66. The molecule has 0 atom stereocenters. The first-order chi connectivity index (χ1) is 11.9. The molecule has 3 rings (SSSR count). The third-order valence-corrected chi connectivity index (χ3v) is 4.91. The SMILES string of the molecule is CC(C)(C)OC(=O)N=CC1CCC(N(c2ccccc2)C2CC2)CC1. The Bertz CT molecular complexity index is 594. The van der Waals surface area contributed by atoms with E-state index in [1.807, 2.05) is 27.0 Å². The van der Waals surface area contributed by atoms with Crippen molar-refractivity contribution in [3.63, 3.8) is 0 Å². The molecule has 0 N–H and O–H groups in total. The summed E-state index contributed by atoms with van der Waals surface area (Å²) in [6.07, 6.45) is 8.48. The summed E-state index contributed by atoms with van der Waals surface area (Å²) in [5, 5.41) is 0. The van der Waals surface area contributed by atoms with Crippen LogP contribution in [0.25, 0.3) is 0 Å². The molecule has 0 bridgehead atoms. The second kappa shape index (κ2) is 7.59. The summed E-state index contributed by atoms with van der Waals surface area (Å²) in [5.41, 5.74) is 0.878. The number of hydrogen-bond acceptors (Lipinski definition) is 3. The third kappa shape index (κ3) is 5.32. The van der Waals surface area contributed by atoms with Crippen molar-refractivity contribution in [3.05, 3.63) is 30.3 Å². The fourth-order valence-electron chi connectivity index (χ4n) is 3.66. The number of benzene rings is 1. The summed E-state index contributed by atoms with van der Waals surface area (Å²) < 4.78 is 5.24. The Hall–Kier alpha value is -1.84. The number of carbonyl (C=O) groups excluding carboxylic acids is 1. The Morgan fingerprint density at radius 1 is 1.04 bits per heavy atom. The molecule has 2 aliphatic carbocycles. The van der Waals surface area contributed by atoms with Crippen LogP contribution in [0.4, 0.5) is 10.5 Å². The van der Waals surface area contributed by atoms with E-state index in [4.69, 9.17) is 4.74 Å². The van der Waals surface area contributed by atoms with E-state index in [2.05, 4.69) is 40.2 Å². The van der Waals surface area contributed by atoms with Crippen LogP contribution in [0.5, 0.6) is 0 Å². The van der Waals surface area contributed by atoms with Crippen molar-refractivity contribution in [1.29, 1.82) is 0 Å². The highest BCUT2D eigenvalue weighted by Gasteiger charge is 2.35. The molecule has 0 radical (unpaired) electrons. The molecule has 0 saturated heterocycles. The second-order valence-electron chi connectivity index (χ2n) is 8.30. The number of amides is 1. The zero-order valence-electron chi connectivity index (χ0n) is 15.6. The maximum Gasteiger partial charge on any atom is 0.433 e. The molecule has 4 heteroatoms. The molecule has 1 aromatic rings. The van der Waals surface area contributed by atoms with Crippen LogP contribution in [-0.4, -0.2) is 30.0 Å². The van der Waals surface area contributed by atoms with E-state index in [1.165, 1.54) is 18.5 Å². The molecule has 0 spiro atoms. The van der Waals surface area contributed by atoms with E-state index in [0.29, 0.717) is 12.0 Å². The standard InChI is InChI=1S/C21H30N2O2/c1-21(2,3)25-20(24)22-15-16-9-11-18(12-10-16)23(19-13-14-19)17-7-5-4-6-8-17/h4-8,15-16,18-19H,9-14H2,1-3H3. The van der Waals surface area contributed by atoms with Gasteiger partial charge in [-0.2, -0.15) is 4.99 Å². The van der Waals surface area contributed by atoms with Crippen LogP contribution in [0.2, 0.25) is 0 Å². The number of anilines is 1. The number of aliphatic imine (C=N–C) groups is 1. The monoisotopic (exact) mass is 342 g/mol. The molecule has 2 fully saturated rings. The van der Waals surface area contributed by atoms with E-state index in [0.717, 1.165) is 31.7 Å². The van der Waals surface area contributed by atoms with Gasteiger partial charge in [0, 0.05) is 24.0 Å². The van der Waals surface area contributed by atoms with Crippen molar-refractivity contribution < 1.29 is 9.53 Å². The van der Waals surface area contributed by atoms with Gasteiger partial charge in [-0.25, -0.2) is 4.79 Å². The summed E-state index contributed by atoms with van der Waals surface area (Å²) in [4.78, 5) is 18.4. The van der Waals surface area contributed by atoms with Gasteiger partial charge in [-0.1, -0.05) is 18.2 Å². The van der Waals surface area contributed by atoms with Crippen molar-refractivity contribution in [2.45, 2.75) is 77.0 Å². The predicted octanol–water partition coefficient (Wildman–Crippen LogP) is 5.22. The van der Waals surface area contributed by atoms with Crippen LogP contribution < -0.4 is 4.90 Å². The number of para-hydroxylation sites is 1. The van der Waals surface area contributed by atoms with Gasteiger partial charge in [-0.05, 0) is 77.3 Å². The molecular weight excluding hydrogens is 312 g/mol. The molecule has 0 heterocycles. The summed E-state index contributed by atoms with van der Waals surface area (Å²) in [7, 11) is 0. The van der Waals surface area contributed by atoms with Crippen LogP contribution in [-0.2, 0) is 4.74 Å². The average Bonchev–Trinajstić information content (AvgIpc) is 3.39. The van der Waals surface area contributed by atoms with E-state index in [1.54, 1.807) is 0 Å². The van der Waals surface area contributed by atoms with E-state index in [-0.39, 0.29) is 0 Å². The molecule has 4 nitrogen and oxygen atoms in total. The second-order valence-corrected chi connectivity index (χ2v) is 8.30. The van der Waals surface area contributed by atoms with Crippen LogP contribution in [0.15, 0.2) is 35.3 Å². The van der Waals surface area contributed by atoms with Gasteiger partial charge in [0.1, 0.15) is 5.60 Å². The molecular formula is C21H30N2O2. The van der Waals surface area contributed by atoms with Crippen molar-refractivity contribution in [2.24, 2.45) is 10.9 Å². The lowest BCUT2D eigenvalue weighted by Gasteiger charge is -2.38. The van der Waals surface area contributed by atoms with Gasteiger partial charge in [0.15, 0.2) is 0 Å². The molecule has 25 heavy (non-hydrogen) atoms. The lowest BCUT2D eigenvalue weighted by Crippen LogP contribution is -2.40. The predicted molar refractivity (Wildman–Crippen MR) is 102 cm³/mol. The van der Waals surface area contributed by atoms with Crippen LogP contribution >= 0.6 is 0 Å². The molecule has 2 aliphatic rings. The first kappa shape index (κ1) is 18.0. The van der Waals surface area contributed by atoms with Crippen LogP contribution in [0, 0.1) is 5.92 Å². The lowest BCUT2D eigenvalue weighted by molar-refractivity contribution is 0.0604. The summed E-state index contributed by atoms with van der Waals surface area (Å²) in [6.45, 7) is 5.59. The number of nitrogens with zero attached hydrogens (tertiary/aromatic N) is 2. The topological polar surface area (TPSA) is 41.9 Å². The Labute approximate surface area is 151 Å². The molecule has 0 aromatic heterocycles. The van der Waals surface area contributed by atoms with Gasteiger partial charge in [0.2, 0.25) is 0 Å². The van der Waals surface area contributed by atoms with Crippen LogP contribution in [0.1, 0.15) is 59.3 Å². The summed E-state index contributed by atoms with van der Waals surface area (Å²) >= 11 is 0. The lowest BCUT2D eigenvalue weighted by atomic mass is 9.85. The normalized spacial score (nSPS) is 24.3. The minimum absolute atomic E-state index is 0.389. The van der Waals surface area contributed by atoms with Gasteiger partial charge >= 0.3 is 6.09 Å². The van der Waals surface area contributed by atoms with Crippen molar-refractivity contribution >= 4 is 18.0 Å². The van der Waals surface area contributed by atoms with E-state index >= 15 is 0 Å². The number of hydrogen-bond donors (Lipinski definition) is 0. The van der Waals surface area contributed by atoms with Crippen molar-refractivity contribution in [1.82, 2.24) is 0 Å². The largest absolute Gasteiger partial charge is 0.442 e. The smallest absolute Gasteiger partial charge is 0.433 e. The third-order valence-electron chi connectivity index (χ3n) is 4.91. The Morgan fingerprint density at radius 2 is 1.60 bits per heavy atom. The average molecular weight is 342 g/mol. The number of ether oxygens (including phenoxy) is 1. The highest BCUT2D eigenvalue weighted by molar-refractivity contribution is 5.80. The first-order valence-corrected chi connectivity index (χ1v) is 9.53. The summed E-state index contributed by atoms with van der Waals surface area (Å²) in [5.74, 6) is 0.389. The minimum Gasteiger partial charge on any atom is -0.442 e. The molecule has 1 aromatic carbocycles. The maximum atomic E-state index is 11.7. The van der Waals surface area contributed by atoms with Crippen molar-refractivity contribution in [2.75, 3.05) is 4.90 Å². The van der Waals surface area contributed by atoms with Gasteiger partial charge in [0.25, 0.3) is 0 Å². The number of carbonyl (C=O) groups is 1. The van der Waals surface area contributed by atoms with Crippen LogP contribution in [0.3, 0.4) is 0 Å². The minimum atomic E-state index is -0.480. The fraction of sp³-hybridized carbons (Fsp3) is 0.619. The van der Waals surface area contributed by atoms with E-state index < -0.39 is 11.7 Å². The van der Waals surface area contributed by atoms with Gasteiger partial charge in [-0.3, -0.25) is 0 Å². The zero-order valence-corrected chi connectivity index (χ0v) is 15.6. The van der Waals surface area contributed by atoms with Gasteiger partial charge in [-0.15, -0.1) is 0 Å².